The van der Waals surface area contributed by atoms with E-state index in [0.717, 1.165) is 26.9 Å². The molecule has 0 atom stereocenters. The zero-order chi connectivity index (χ0) is 11.7. The lowest BCUT2D eigenvalue weighted by atomic mass is 10.1. The molecule has 1 aliphatic heterocycles. The first-order valence-electron chi connectivity index (χ1n) is 5.55. The molecule has 86 valence electrons. The Hall–Kier alpha value is -1.45. The number of fused-ring (bicyclic) bond motifs is 2. The van der Waals surface area contributed by atoms with Gasteiger partial charge in [-0.25, -0.2) is 0 Å². The molecule has 1 heterocycles. The molecule has 2 aromatic rings. The molecule has 1 N–H and O–H groups in total. The van der Waals surface area contributed by atoms with E-state index in [0.29, 0.717) is 6.42 Å². The summed E-state index contributed by atoms with van der Waals surface area (Å²) < 4.78 is 5.86. The van der Waals surface area contributed by atoms with E-state index < -0.39 is 0 Å². The first-order chi connectivity index (χ1) is 8.36. The largest absolute Gasteiger partial charge is 0.455 e. The second-order valence-corrected chi connectivity index (χ2v) is 4.99. The number of rotatable bonds is 2. The van der Waals surface area contributed by atoms with Crippen molar-refractivity contribution in [1.29, 1.82) is 0 Å². The first kappa shape index (κ1) is 10.7. The molecular formula is C14H12O2S. The molecule has 3 heteroatoms. The quantitative estimate of drug-likeness (QED) is 0.748. The normalized spacial score (nSPS) is 12.5. The van der Waals surface area contributed by atoms with Crippen molar-refractivity contribution in [3.05, 3.63) is 48.0 Å². The van der Waals surface area contributed by atoms with Gasteiger partial charge in [0.1, 0.15) is 11.5 Å². The fourth-order valence-corrected chi connectivity index (χ4v) is 2.79. The van der Waals surface area contributed by atoms with Gasteiger partial charge in [0.15, 0.2) is 0 Å². The maximum Gasteiger partial charge on any atom is 0.141 e. The molecule has 0 aromatic heterocycles. The summed E-state index contributed by atoms with van der Waals surface area (Å²) >= 11 is 1.72. The number of para-hydroxylation sites is 1. The highest BCUT2D eigenvalue weighted by atomic mass is 32.2. The van der Waals surface area contributed by atoms with Gasteiger partial charge in [-0.1, -0.05) is 30.0 Å². The second kappa shape index (κ2) is 4.43. The van der Waals surface area contributed by atoms with Crippen molar-refractivity contribution in [3.8, 4) is 11.5 Å². The van der Waals surface area contributed by atoms with Crippen LogP contribution < -0.4 is 4.74 Å². The van der Waals surface area contributed by atoms with Crippen LogP contribution in [0.2, 0.25) is 0 Å². The van der Waals surface area contributed by atoms with E-state index in [1.54, 1.807) is 11.8 Å². The third-order valence-corrected chi connectivity index (χ3v) is 3.81. The Balaban J connectivity index is 1.97. The Morgan fingerprint density at radius 2 is 1.82 bits per heavy atom. The highest BCUT2D eigenvalue weighted by molar-refractivity contribution is 7.99. The fraction of sp³-hybridized carbons (Fsp3) is 0.143. The van der Waals surface area contributed by atoms with E-state index >= 15 is 0 Å². The lowest BCUT2D eigenvalue weighted by molar-refractivity contribution is 0.299. The van der Waals surface area contributed by atoms with Gasteiger partial charge in [-0.2, -0.15) is 0 Å². The maximum atomic E-state index is 8.94. The molecule has 0 radical (unpaired) electrons. The van der Waals surface area contributed by atoms with Crippen LogP contribution in [0, 0.1) is 0 Å². The first-order valence-corrected chi connectivity index (χ1v) is 6.37. The highest BCUT2D eigenvalue weighted by Crippen LogP contribution is 2.46. The van der Waals surface area contributed by atoms with Crippen molar-refractivity contribution in [1.82, 2.24) is 0 Å². The van der Waals surface area contributed by atoms with E-state index in [1.807, 2.05) is 30.3 Å². The molecule has 17 heavy (non-hydrogen) atoms. The van der Waals surface area contributed by atoms with Crippen molar-refractivity contribution >= 4 is 11.8 Å². The number of hydrogen-bond donors (Lipinski definition) is 1. The van der Waals surface area contributed by atoms with E-state index in [1.165, 1.54) is 0 Å². The molecular weight excluding hydrogens is 232 g/mol. The van der Waals surface area contributed by atoms with Gasteiger partial charge in [-0.3, -0.25) is 0 Å². The molecule has 0 saturated carbocycles. The Labute approximate surface area is 104 Å². The predicted octanol–water partition coefficient (Wildman–Crippen LogP) is 3.48. The lowest BCUT2D eigenvalue weighted by Gasteiger charge is -2.19. The van der Waals surface area contributed by atoms with Crippen molar-refractivity contribution < 1.29 is 9.84 Å². The van der Waals surface area contributed by atoms with Gasteiger partial charge in [-0.05, 0) is 36.2 Å². The molecule has 2 aromatic carbocycles. The smallest absolute Gasteiger partial charge is 0.141 e. The zero-order valence-electron chi connectivity index (χ0n) is 9.22. The Kier molecular flexibility index (Phi) is 2.79. The molecule has 1 aliphatic rings. The minimum Gasteiger partial charge on any atom is -0.455 e. The van der Waals surface area contributed by atoms with Gasteiger partial charge in [0, 0.05) is 6.61 Å². The summed E-state index contributed by atoms with van der Waals surface area (Å²) in [5.74, 6) is 1.80. The molecule has 0 aliphatic carbocycles. The van der Waals surface area contributed by atoms with E-state index in [2.05, 4.69) is 12.1 Å². The van der Waals surface area contributed by atoms with Crippen molar-refractivity contribution in [3.63, 3.8) is 0 Å². The van der Waals surface area contributed by atoms with E-state index in [9.17, 15) is 0 Å². The monoisotopic (exact) mass is 244 g/mol. The molecule has 0 unspecified atom stereocenters. The molecule has 0 spiro atoms. The van der Waals surface area contributed by atoms with Crippen LogP contribution in [0.1, 0.15) is 5.56 Å². The molecule has 0 bridgehead atoms. The SMILES string of the molecule is OCCc1ccc2c(c1)Oc1ccccc1S2. The van der Waals surface area contributed by atoms with Crippen LogP contribution in [-0.2, 0) is 6.42 Å². The summed E-state index contributed by atoms with van der Waals surface area (Å²) in [6.07, 6.45) is 0.670. The number of benzene rings is 2. The second-order valence-electron chi connectivity index (χ2n) is 3.91. The topological polar surface area (TPSA) is 29.5 Å². The van der Waals surface area contributed by atoms with Gasteiger partial charge in [-0.15, -0.1) is 0 Å². The molecule has 0 amide bonds. The van der Waals surface area contributed by atoms with Gasteiger partial charge >= 0.3 is 0 Å². The predicted molar refractivity (Wildman–Crippen MR) is 67.9 cm³/mol. The summed E-state index contributed by atoms with van der Waals surface area (Å²) in [5.41, 5.74) is 1.10. The average Bonchev–Trinajstić information content (AvgIpc) is 2.36. The van der Waals surface area contributed by atoms with E-state index in [4.69, 9.17) is 9.84 Å². The van der Waals surface area contributed by atoms with Gasteiger partial charge in [0.25, 0.3) is 0 Å². The average molecular weight is 244 g/mol. The van der Waals surface area contributed by atoms with Crippen LogP contribution in [0.4, 0.5) is 0 Å². The molecule has 2 nitrogen and oxygen atoms in total. The number of hydrogen-bond acceptors (Lipinski definition) is 3. The number of ether oxygens (including phenoxy) is 1. The maximum absolute atomic E-state index is 8.94. The lowest BCUT2D eigenvalue weighted by Crippen LogP contribution is -1.97. The fourth-order valence-electron chi connectivity index (χ4n) is 1.86. The highest BCUT2D eigenvalue weighted by Gasteiger charge is 2.17. The van der Waals surface area contributed by atoms with Crippen molar-refractivity contribution in [2.45, 2.75) is 16.2 Å². The van der Waals surface area contributed by atoms with Crippen molar-refractivity contribution in [2.75, 3.05) is 6.61 Å². The van der Waals surface area contributed by atoms with Gasteiger partial charge in [0.05, 0.1) is 9.79 Å². The number of aliphatic hydroxyl groups excluding tert-OH is 1. The summed E-state index contributed by atoms with van der Waals surface area (Å²) in [7, 11) is 0. The third kappa shape index (κ3) is 2.04. The summed E-state index contributed by atoms with van der Waals surface area (Å²) in [6, 6.07) is 14.1. The molecule has 0 fully saturated rings. The van der Waals surface area contributed by atoms with Gasteiger partial charge in [0.2, 0.25) is 0 Å². The minimum absolute atomic E-state index is 0.169. The Bertz CT molecular complexity index is 552. The summed E-state index contributed by atoms with van der Waals surface area (Å²) in [5, 5.41) is 8.94. The van der Waals surface area contributed by atoms with Crippen molar-refractivity contribution in [2.24, 2.45) is 0 Å². The Morgan fingerprint density at radius 3 is 2.71 bits per heavy atom. The standard InChI is InChI=1S/C14H12O2S/c15-8-7-10-5-6-14-12(9-10)16-11-3-1-2-4-13(11)17-14/h1-6,9,15H,7-8H2. The third-order valence-electron chi connectivity index (χ3n) is 2.70. The number of aliphatic hydroxyl groups is 1. The van der Waals surface area contributed by atoms with Crippen LogP contribution in [0.3, 0.4) is 0 Å². The molecule has 3 rings (SSSR count). The zero-order valence-corrected chi connectivity index (χ0v) is 10.0. The molecule has 0 saturated heterocycles. The van der Waals surface area contributed by atoms with Crippen LogP contribution in [0.5, 0.6) is 11.5 Å². The van der Waals surface area contributed by atoms with E-state index in [-0.39, 0.29) is 6.61 Å². The summed E-state index contributed by atoms with van der Waals surface area (Å²) in [4.78, 5) is 2.28. The Morgan fingerprint density at radius 1 is 1.00 bits per heavy atom. The summed E-state index contributed by atoms with van der Waals surface area (Å²) in [6.45, 7) is 0.169. The minimum atomic E-state index is 0.169. The van der Waals surface area contributed by atoms with Gasteiger partial charge < -0.3 is 9.84 Å². The van der Waals surface area contributed by atoms with Crippen LogP contribution in [0.25, 0.3) is 0 Å². The van der Waals surface area contributed by atoms with Crippen LogP contribution >= 0.6 is 11.8 Å². The van der Waals surface area contributed by atoms with Crippen LogP contribution in [0.15, 0.2) is 52.3 Å². The van der Waals surface area contributed by atoms with Crippen LogP contribution in [-0.4, -0.2) is 11.7 Å².